The van der Waals surface area contributed by atoms with E-state index in [2.05, 4.69) is 9.72 Å². The number of ether oxygens (including phenoxy) is 1. The van der Waals surface area contributed by atoms with Crippen molar-refractivity contribution in [2.24, 2.45) is 0 Å². The van der Waals surface area contributed by atoms with E-state index >= 15 is 0 Å². The highest BCUT2D eigenvalue weighted by Gasteiger charge is 2.40. The lowest BCUT2D eigenvalue weighted by Crippen LogP contribution is -2.14. The number of methoxy groups -OCH3 is 1. The van der Waals surface area contributed by atoms with Crippen LogP contribution in [0.4, 0.5) is 26.3 Å². The Labute approximate surface area is 85.9 Å². The molecule has 0 radical (unpaired) electrons. The Kier molecular flexibility index (Phi) is 3.30. The molecule has 8 heteroatoms. The van der Waals surface area contributed by atoms with Crippen LogP contribution in [0.1, 0.15) is 17.6 Å². The lowest BCUT2D eigenvalue weighted by molar-refractivity contribution is -0.141. The Bertz CT molecular complexity index is 389. The summed E-state index contributed by atoms with van der Waals surface area (Å²) in [7, 11) is 0.784. The zero-order chi connectivity index (χ0) is 12.5. The minimum Gasteiger partial charge on any atom is -0.480 e. The molecule has 1 aromatic heterocycles. The first-order valence-corrected chi connectivity index (χ1v) is 3.87. The maximum atomic E-state index is 12.7. The van der Waals surface area contributed by atoms with E-state index in [4.69, 9.17) is 0 Å². The number of hydrogen-bond acceptors (Lipinski definition) is 2. The molecule has 0 aliphatic heterocycles. The number of halogens is 6. The third-order valence-electron chi connectivity index (χ3n) is 1.70. The smallest absolute Gasteiger partial charge is 0.422 e. The van der Waals surface area contributed by atoms with Crippen molar-refractivity contribution in [3.63, 3.8) is 0 Å². The van der Waals surface area contributed by atoms with Crippen molar-refractivity contribution in [1.82, 2.24) is 4.98 Å². The molecule has 0 saturated carbocycles. The zero-order valence-corrected chi connectivity index (χ0v) is 7.78. The lowest BCUT2D eigenvalue weighted by atomic mass is 10.1. The third-order valence-corrected chi connectivity index (χ3v) is 1.70. The normalized spacial score (nSPS) is 12.0. The van der Waals surface area contributed by atoms with Gasteiger partial charge in [0.2, 0.25) is 11.8 Å². The summed E-state index contributed by atoms with van der Waals surface area (Å²) in [5.41, 5.74) is -3.25. The fourth-order valence-electron chi connectivity index (χ4n) is 1.11. The van der Waals surface area contributed by atoms with Crippen LogP contribution in [0.5, 0.6) is 5.88 Å². The van der Waals surface area contributed by atoms with Crippen molar-refractivity contribution in [3.05, 3.63) is 23.1 Å². The van der Waals surface area contributed by atoms with E-state index in [-0.39, 0.29) is 6.07 Å². The highest BCUT2D eigenvalue weighted by molar-refractivity contribution is 5.38. The predicted octanol–water partition coefficient (Wildman–Crippen LogP) is 3.19. The number of hydrogen-bond donors (Lipinski definition) is 0. The van der Waals surface area contributed by atoms with Gasteiger partial charge in [0, 0.05) is 11.6 Å². The van der Waals surface area contributed by atoms with E-state index in [0.717, 1.165) is 7.11 Å². The summed E-state index contributed by atoms with van der Waals surface area (Å²) in [5, 5.41) is 0. The summed E-state index contributed by atoms with van der Waals surface area (Å²) in [5.74, 6) is -2.66. The molecule has 0 fully saturated rings. The molecule has 0 spiro atoms. The van der Waals surface area contributed by atoms with E-state index in [1.54, 1.807) is 0 Å². The van der Waals surface area contributed by atoms with Gasteiger partial charge in [-0.15, -0.1) is 0 Å². The summed E-state index contributed by atoms with van der Waals surface area (Å²) < 4.78 is 78.6. The molecule has 0 atom stereocenters. The maximum Gasteiger partial charge on any atom is 0.422 e. The van der Waals surface area contributed by atoms with Gasteiger partial charge < -0.3 is 4.74 Å². The van der Waals surface area contributed by atoms with Crippen LogP contribution in [-0.2, 0) is 6.18 Å². The molecule has 0 unspecified atom stereocenters. The molecule has 1 rings (SSSR count). The molecule has 16 heavy (non-hydrogen) atoms. The average Bonchev–Trinajstić information content (AvgIpc) is 2.14. The molecular weight excluding hydrogens is 240 g/mol. The largest absolute Gasteiger partial charge is 0.480 e. The van der Waals surface area contributed by atoms with Crippen molar-refractivity contribution in [2.75, 3.05) is 7.11 Å². The Hall–Kier alpha value is -1.47. The first-order chi connectivity index (χ1) is 7.27. The molecule has 0 bridgehead atoms. The van der Waals surface area contributed by atoms with Gasteiger partial charge in [0.1, 0.15) is 5.56 Å². The van der Waals surface area contributed by atoms with Gasteiger partial charge in [-0.05, 0) is 0 Å². The molecule has 90 valence electrons. The molecule has 0 aliphatic carbocycles. The van der Waals surface area contributed by atoms with Gasteiger partial charge in [0.25, 0.3) is 6.43 Å². The van der Waals surface area contributed by atoms with Crippen LogP contribution in [0.2, 0.25) is 0 Å². The lowest BCUT2D eigenvalue weighted by Gasteiger charge is -2.15. The summed E-state index contributed by atoms with van der Waals surface area (Å²) >= 11 is 0. The van der Waals surface area contributed by atoms with E-state index in [0.29, 0.717) is 0 Å². The second-order valence-corrected chi connectivity index (χ2v) is 2.72. The van der Waals surface area contributed by atoms with E-state index in [1.807, 2.05) is 0 Å². The van der Waals surface area contributed by atoms with E-state index in [9.17, 15) is 26.3 Å². The minimum absolute atomic E-state index is 0.0377. The Morgan fingerprint density at radius 3 is 2.25 bits per heavy atom. The fourth-order valence-corrected chi connectivity index (χ4v) is 1.11. The van der Waals surface area contributed by atoms with Crippen LogP contribution in [0, 0.1) is 5.95 Å². The van der Waals surface area contributed by atoms with Crippen LogP contribution in [0.25, 0.3) is 0 Å². The summed E-state index contributed by atoms with van der Waals surface area (Å²) in [4.78, 5) is 2.76. The van der Waals surface area contributed by atoms with Gasteiger partial charge in [-0.2, -0.15) is 22.5 Å². The third kappa shape index (κ3) is 2.37. The van der Waals surface area contributed by atoms with Crippen molar-refractivity contribution >= 4 is 0 Å². The van der Waals surface area contributed by atoms with Gasteiger partial charge >= 0.3 is 6.18 Å². The summed E-state index contributed by atoms with van der Waals surface area (Å²) in [6, 6.07) is 0.0377. The zero-order valence-electron chi connectivity index (χ0n) is 7.78. The highest BCUT2D eigenvalue weighted by Crippen LogP contribution is 2.41. The summed E-state index contributed by atoms with van der Waals surface area (Å²) in [6.07, 6.45) is -8.55. The number of rotatable bonds is 2. The van der Waals surface area contributed by atoms with Crippen molar-refractivity contribution < 1.29 is 31.1 Å². The molecule has 0 aliphatic rings. The first-order valence-electron chi connectivity index (χ1n) is 3.87. The van der Waals surface area contributed by atoms with Crippen LogP contribution in [-0.4, -0.2) is 12.1 Å². The van der Waals surface area contributed by atoms with Crippen molar-refractivity contribution in [2.45, 2.75) is 12.6 Å². The number of aromatic nitrogens is 1. The highest BCUT2D eigenvalue weighted by atomic mass is 19.4. The fraction of sp³-hybridized carbons (Fsp3) is 0.375. The SMILES string of the molecule is COc1nc(F)cc(C(F)F)c1C(F)(F)F. The molecular formula is C8H5F6NO. The van der Waals surface area contributed by atoms with Gasteiger partial charge in [0.05, 0.1) is 7.11 Å². The molecule has 0 amide bonds. The topological polar surface area (TPSA) is 22.1 Å². The van der Waals surface area contributed by atoms with Crippen LogP contribution >= 0.6 is 0 Å². The average molecular weight is 245 g/mol. The maximum absolute atomic E-state index is 12.7. The Balaban J connectivity index is 3.52. The predicted molar refractivity (Wildman–Crippen MR) is 40.7 cm³/mol. The van der Waals surface area contributed by atoms with E-state index in [1.165, 1.54) is 0 Å². The quantitative estimate of drug-likeness (QED) is 0.589. The van der Waals surface area contributed by atoms with Crippen LogP contribution in [0.3, 0.4) is 0 Å². The second kappa shape index (κ2) is 4.18. The molecule has 0 saturated heterocycles. The first kappa shape index (κ1) is 12.6. The second-order valence-electron chi connectivity index (χ2n) is 2.72. The molecule has 1 heterocycles. The van der Waals surface area contributed by atoms with E-state index < -0.39 is 35.6 Å². The van der Waals surface area contributed by atoms with Crippen LogP contribution < -0.4 is 4.74 Å². The van der Waals surface area contributed by atoms with Gasteiger partial charge in [-0.25, -0.2) is 8.78 Å². The van der Waals surface area contributed by atoms with Gasteiger partial charge in [-0.3, -0.25) is 0 Å². The minimum atomic E-state index is -5.09. The molecule has 0 N–H and O–H groups in total. The van der Waals surface area contributed by atoms with Crippen molar-refractivity contribution in [1.29, 1.82) is 0 Å². The standard InChI is InChI=1S/C8H5F6NO/c1-16-7-5(8(12,13)14)3(6(10)11)2-4(9)15-7/h2,6H,1H3. The summed E-state index contributed by atoms with van der Waals surface area (Å²) in [6.45, 7) is 0. The number of alkyl halides is 5. The molecule has 2 nitrogen and oxygen atoms in total. The van der Waals surface area contributed by atoms with Gasteiger partial charge in [-0.1, -0.05) is 0 Å². The van der Waals surface area contributed by atoms with Crippen LogP contribution in [0.15, 0.2) is 6.07 Å². The van der Waals surface area contributed by atoms with Crippen molar-refractivity contribution in [3.8, 4) is 5.88 Å². The Morgan fingerprint density at radius 1 is 1.31 bits per heavy atom. The molecule has 0 aromatic carbocycles. The number of pyridine rings is 1. The van der Waals surface area contributed by atoms with Gasteiger partial charge in [0.15, 0.2) is 0 Å². The molecule has 1 aromatic rings. The monoisotopic (exact) mass is 245 g/mol. The number of nitrogens with zero attached hydrogens (tertiary/aromatic N) is 1. The Morgan fingerprint density at radius 2 is 1.88 bits per heavy atom.